The van der Waals surface area contributed by atoms with E-state index in [-0.39, 0.29) is 5.91 Å². The molecule has 0 unspecified atom stereocenters. The Bertz CT molecular complexity index is 1140. The highest BCUT2D eigenvalue weighted by atomic mass is 79.9. The number of hydrazone groups is 1. The topological polar surface area (TPSA) is 69.2 Å². The summed E-state index contributed by atoms with van der Waals surface area (Å²) in [5.74, 6) is 1.26. The van der Waals surface area contributed by atoms with Crippen LogP contribution in [-0.4, -0.2) is 25.8 Å². The number of carbonyl (C=O) groups is 1. The Hall–Kier alpha value is -3.58. The molecular formula is C26H25BrN2O4. The van der Waals surface area contributed by atoms with Crippen LogP contribution < -0.4 is 19.6 Å². The van der Waals surface area contributed by atoms with E-state index in [4.69, 9.17) is 14.2 Å². The monoisotopic (exact) mass is 508 g/mol. The van der Waals surface area contributed by atoms with Crippen LogP contribution in [0.4, 0.5) is 0 Å². The van der Waals surface area contributed by atoms with Crippen LogP contribution in [0.2, 0.25) is 0 Å². The molecule has 0 aromatic heterocycles. The number of aryl methyl sites for hydroxylation is 1. The van der Waals surface area contributed by atoms with Gasteiger partial charge in [0.1, 0.15) is 19.0 Å². The molecule has 1 amide bonds. The van der Waals surface area contributed by atoms with Crippen molar-refractivity contribution >= 4 is 28.1 Å². The smallest absolute Gasteiger partial charge is 0.271 e. The summed E-state index contributed by atoms with van der Waals surface area (Å²) in [4.78, 5) is 12.5. The minimum absolute atomic E-state index is 0.340. The maximum Gasteiger partial charge on any atom is 0.271 e. The molecule has 0 heterocycles. The number of nitrogens with one attached hydrogen (secondary N) is 1. The number of hydrogen-bond donors (Lipinski definition) is 1. The number of halogens is 1. The van der Waals surface area contributed by atoms with Gasteiger partial charge in [-0.05, 0) is 48.9 Å². The minimum atomic E-state index is -0.378. The number of amides is 1. The molecule has 7 heteroatoms. The molecular weight excluding hydrogens is 484 g/mol. The molecule has 1 N–H and O–H groups in total. The first-order valence-corrected chi connectivity index (χ1v) is 11.0. The van der Waals surface area contributed by atoms with E-state index in [2.05, 4.69) is 33.0 Å². The lowest BCUT2D eigenvalue weighted by molar-refractivity contribution is 0.0954. The van der Waals surface area contributed by atoms with E-state index in [1.807, 2.05) is 49.4 Å². The molecule has 33 heavy (non-hydrogen) atoms. The first kappa shape index (κ1) is 24.1. The number of ether oxygens (including phenoxy) is 3. The van der Waals surface area contributed by atoms with Gasteiger partial charge in [-0.15, -0.1) is 0 Å². The average Bonchev–Trinajstić information content (AvgIpc) is 2.83. The summed E-state index contributed by atoms with van der Waals surface area (Å²) in [5.41, 5.74) is 5.91. The number of nitrogens with zero attached hydrogens (tertiary/aromatic N) is 1. The van der Waals surface area contributed by atoms with Crippen molar-refractivity contribution in [2.45, 2.75) is 13.5 Å². The van der Waals surface area contributed by atoms with Gasteiger partial charge in [0, 0.05) is 15.6 Å². The van der Waals surface area contributed by atoms with E-state index >= 15 is 0 Å². The lowest BCUT2D eigenvalue weighted by Crippen LogP contribution is -2.17. The Kier molecular flexibility index (Phi) is 8.66. The molecule has 6 nitrogen and oxygen atoms in total. The fourth-order valence-corrected chi connectivity index (χ4v) is 3.28. The highest BCUT2D eigenvalue weighted by molar-refractivity contribution is 9.10. The third kappa shape index (κ3) is 6.95. The van der Waals surface area contributed by atoms with Crippen LogP contribution in [0.3, 0.4) is 0 Å². The molecule has 0 aliphatic carbocycles. The van der Waals surface area contributed by atoms with Gasteiger partial charge >= 0.3 is 0 Å². The fraction of sp³-hybridized carbons (Fsp3) is 0.154. The Labute approximate surface area is 202 Å². The van der Waals surface area contributed by atoms with Crippen molar-refractivity contribution < 1.29 is 19.0 Å². The van der Waals surface area contributed by atoms with Crippen molar-refractivity contribution in [1.82, 2.24) is 5.43 Å². The number of hydrogen-bond acceptors (Lipinski definition) is 5. The van der Waals surface area contributed by atoms with Gasteiger partial charge in [-0.3, -0.25) is 4.79 Å². The molecule has 0 spiro atoms. The van der Waals surface area contributed by atoms with Crippen molar-refractivity contribution in [2.75, 3.05) is 13.7 Å². The maximum absolute atomic E-state index is 12.5. The maximum atomic E-state index is 12.5. The number of benzene rings is 3. The summed E-state index contributed by atoms with van der Waals surface area (Å²) in [6.45, 7) is 6.43. The molecule has 0 aliphatic heterocycles. The van der Waals surface area contributed by atoms with Crippen molar-refractivity contribution in [3.05, 3.63) is 100 Å². The minimum Gasteiger partial charge on any atom is -0.493 e. The van der Waals surface area contributed by atoms with Gasteiger partial charge in [0.15, 0.2) is 11.5 Å². The van der Waals surface area contributed by atoms with Gasteiger partial charge in [0.2, 0.25) is 0 Å². The second-order valence-electron chi connectivity index (χ2n) is 7.12. The summed E-state index contributed by atoms with van der Waals surface area (Å²) in [6, 6.07) is 18.7. The summed E-state index contributed by atoms with van der Waals surface area (Å²) < 4.78 is 17.7. The summed E-state index contributed by atoms with van der Waals surface area (Å²) in [6.07, 6.45) is 3.18. The Morgan fingerprint density at radius 3 is 2.52 bits per heavy atom. The molecule has 0 atom stereocenters. The summed E-state index contributed by atoms with van der Waals surface area (Å²) in [7, 11) is 1.52. The van der Waals surface area contributed by atoms with Crippen LogP contribution >= 0.6 is 15.9 Å². The van der Waals surface area contributed by atoms with Crippen LogP contribution in [-0.2, 0) is 6.61 Å². The quantitative estimate of drug-likeness (QED) is 0.217. The van der Waals surface area contributed by atoms with Gasteiger partial charge in [0.05, 0.1) is 13.3 Å². The zero-order chi connectivity index (χ0) is 23.6. The molecule has 0 saturated heterocycles. The Balaban J connectivity index is 1.68. The molecule has 0 aliphatic rings. The van der Waals surface area contributed by atoms with E-state index in [0.29, 0.717) is 36.0 Å². The fourth-order valence-electron chi connectivity index (χ4n) is 2.90. The highest BCUT2D eigenvalue weighted by Gasteiger charge is 2.11. The van der Waals surface area contributed by atoms with E-state index in [1.54, 1.807) is 30.5 Å². The van der Waals surface area contributed by atoms with Crippen LogP contribution in [0, 0.1) is 6.92 Å². The third-order valence-corrected chi connectivity index (χ3v) is 5.13. The summed E-state index contributed by atoms with van der Waals surface area (Å²) >= 11 is 3.46. The van der Waals surface area contributed by atoms with E-state index in [0.717, 1.165) is 15.6 Å². The lowest BCUT2D eigenvalue weighted by Gasteiger charge is -2.11. The van der Waals surface area contributed by atoms with Crippen LogP contribution in [0.25, 0.3) is 0 Å². The van der Waals surface area contributed by atoms with Gasteiger partial charge in [-0.2, -0.15) is 5.10 Å². The SMILES string of the molecule is C=CCOc1ccc(C(=O)N/N=C/c2cc(Br)ccc2OCc2ccc(C)cc2)cc1OC. The van der Waals surface area contributed by atoms with Crippen LogP contribution in [0.15, 0.2) is 82.9 Å². The molecule has 3 aromatic carbocycles. The number of carbonyl (C=O) groups excluding carboxylic acids is 1. The zero-order valence-corrected chi connectivity index (χ0v) is 20.1. The average molecular weight is 509 g/mol. The Morgan fingerprint density at radius 2 is 1.79 bits per heavy atom. The highest BCUT2D eigenvalue weighted by Crippen LogP contribution is 2.28. The predicted octanol–water partition coefficient (Wildman–Crippen LogP) is 5.67. The molecule has 0 saturated carbocycles. The summed E-state index contributed by atoms with van der Waals surface area (Å²) in [5, 5.41) is 4.10. The second kappa shape index (κ2) is 11.9. The van der Waals surface area contributed by atoms with Crippen molar-refractivity contribution in [2.24, 2.45) is 5.10 Å². The van der Waals surface area contributed by atoms with Gasteiger partial charge in [0.25, 0.3) is 5.91 Å². The first-order valence-electron chi connectivity index (χ1n) is 10.2. The van der Waals surface area contributed by atoms with Crippen molar-refractivity contribution in [3.8, 4) is 17.2 Å². The lowest BCUT2D eigenvalue weighted by atomic mass is 10.1. The standard InChI is InChI=1S/C26H25BrN2O4/c1-4-13-32-24-11-9-20(15-25(24)31-3)26(30)29-28-16-21-14-22(27)10-12-23(21)33-17-19-7-5-18(2)6-8-19/h4-12,14-16H,1,13,17H2,2-3H3,(H,29,30)/b28-16+. The van der Waals surface area contributed by atoms with E-state index in [9.17, 15) is 4.79 Å². The van der Waals surface area contributed by atoms with Gasteiger partial charge < -0.3 is 14.2 Å². The Morgan fingerprint density at radius 1 is 1.03 bits per heavy atom. The molecule has 0 radical (unpaired) electrons. The molecule has 3 rings (SSSR count). The molecule has 0 fully saturated rings. The molecule has 170 valence electrons. The van der Waals surface area contributed by atoms with Crippen LogP contribution in [0.5, 0.6) is 17.2 Å². The normalized spacial score (nSPS) is 10.6. The first-order chi connectivity index (χ1) is 16.0. The van der Waals surface area contributed by atoms with Gasteiger partial charge in [-0.1, -0.05) is 58.4 Å². The van der Waals surface area contributed by atoms with Gasteiger partial charge in [-0.25, -0.2) is 5.43 Å². The largest absolute Gasteiger partial charge is 0.493 e. The van der Waals surface area contributed by atoms with E-state index in [1.165, 1.54) is 12.7 Å². The zero-order valence-electron chi connectivity index (χ0n) is 18.5. The second-order valence-corrected chi connectivity index (χ2v) is 8.04. The van der Waals surface area contributed by atoms with Crippen LogP contribution in [0.1, 0.15) is 27.0 Å². The molecule has 0 bridgehead atoms. The number of rotatable bonds is 10. The van der Waals surface area contributed by atoms with E-state index < -0.39 is 0 Å². The predicted molar refractivity (Wildman–Crippen MR) is 133 cm³/mol. The van der Waals surface area contributed by atoms with Crippen molar-refractivity contribution in [3.63, 3.8) is 0 Å². The van der Waals surface area contributed by atoms with Crippen molar-refractivity contribution in [1.29, 1.82) is 0 Å². The third-order valence-electron chi connectivity index (χ3n) is 4.64. The molecule has 3 aromatic rings. The number of methoxy groups -OCH3 is 1.